The van der Waals surface area contributed by atoms with Crippen molar-refractivity contribution < 1.29 is 28.6 Å². The highest BCUT2D eigenvalue weighted by Crippen LogP contribution is 2.41. The first-order valence-electron chi connectivity index (χ1n) is 9.63. The molecule has 0 saturated heterocycles. The third kappa shape index (κ3) is 4.75. The molecule has 0 unspecified atom stereocenters. The molecule has 0 atom stereocenters. The number of H-pyrrole nitrogens is 1. The van der Waals surface area contributed by atoms with E-state index >= 15 is 0 Å². The lowest BCUT2D eigenvalue weighted by molar-refractivity contribution is -0.117. The van der Waals surface area contributed by atoms with E-state index in [9.17, 15) is 14.4 Å². The van der Waals surface area contributed by atoms with Gasteiger partial charge in [-0.3, -0.25) is 14.4 Å². The van der Waals surface area contributed by atoms with Gasteiger partial charge >= 0.3 is 0 Å². The first kappa shape index (κ1) is 22.5. The summed E-state index contributed by atoms with van der Waals surface area (Å²) in [4.78, 5) is 38.4. The third-order valence-electron chi connectivity index (χ3n) is 4.78. The van der Waals surface area contributed by atoms with Gasteiger partial charge in [0.15, 0.2) is 11.5 Å². The largest absolute Gasteiger partial charge is 0.496 e. The Morgan fingerprint density at radius 1 is 0.906 bits per heavy atom. The molecular formula is C22H24N4O6. The zero-order chi connectivity index (χ0) is 23.3. The number of nitrogens with two attached hydrogens (primary N) is 1. The van der Waals surface area contributed by atoms with Crippen molar-refractivity contribution in [1.82, 2.24) is 15.6 Å². The van der Waals surface area contributed by atoms with Crippen LogP contribution < -0.4 is 30.6 Å². The van der Waals surface area contributed by atoms with Crippen LogP contribution in [0.3, 0.4) is 0 Å². The molecule has 10 heteroatoms. The normalized spacial score (nSPS) is 10.5. The first-order valence-corrected chi connectivity index (χ1v) is 9.63. The maximum atomic E-state index is 12.7. The second-order valence-electron chi connectivity index (χ2n) is 6.81. The van der Waals surface area contributed by atoms with Crippen LogP contribution in [-0.2, 0) is 11.3 Å². The number of hydrogen-bond donors (Lipinski definition) is 4. The molecule has 0 fully saturated rings. The highest BCUT2D eigenvalue weighted by atomic mass is 16.5. The van der Waals surface area contributed by atoms with Crippen LogP contribution in [0.4, 0.5) is 0 Å². The highest BCUT2D eigenvalue weighted by Gasteiger charge is 2.19. The van der Waals surface area contributed by atoms with Gasteiger partial charge in [0.2, 0.25) is 5.91 Å². The molecule has 0 aliphatic heterocycles. The number of fused-ring (bicyclic) bond motifs is 1. The van der Waals surface area contributed by atoms with Crippen molar-refractivity contribution in [3.8, 4) is 17.2 Å². The predicted octanol–water partition coefficient (Wildman–Crippen LogP) is 1.34. The molecule has 0 spiro atoms. The maximum absolute atomic E-state index is 12.7. The van der Waals surface area contributed by atoms with Gasteiger partial charge in [-0.15, -0.1) is 0 Å². The standard InChI is InChI=1S/C22H24N4O6/c1-30-16-9-17(31-2)20(32-3)19-14(16)8-15(26-19)22(29)24-10-12-4-6-13(7-5-12)21(28)25-11-18(23)27/h4-9,26H,10-11H2,1-3H3,(H2,23,27)(H,24,29)(H,25,28). The zero-order valence-electron chi connectivity index (χ0n) is 17.9. The van der Waals surface area contributed by atoms with Gasteiger partial charge in [0.05, 0.1) is 33.4 Å². The van der Waals surface area contributed by atoms with Crippen LogP contribution in [0.25, 0.3) is 10.9 Å². The van der Waals surface area contributed by atoms with E-state index in [2.05, 4.69) is 15.6 Å². The molecule has 32 heavy (non-hydrogen) atoms. The SMILES string of the molecule is COc1cc(OC)c2cc(C(=O)NCc3ccc(C(=O)NCC(N)=O)cc3)[nH]c2c1OC. The first-order chi connectivity index (χ1) is 15.4. The molecular weight excluding hydrogens is 416 g/mol. The molecule has 0 aliphatic carbocycles. The second kappa shape index (κ2) is 9.73. The van der Waals surface area contributed by atoms with Crippen LogP contribution in [0.15, 0.2) is 36.4 Å². The maximum Gasteiger partial charge on any atom is 0.268 e. The lowest BCUT2D eigenvalue weighted by Crippen LogP contribution is -2.33. The Morgan fingerprint density at radius 3 is 2.19 bits per heavy atom. The lowest BCUT2D eigenvalue weighted by Gasteiger charge is -2.11. The lowest BCUT2D eigenvalue weighted by atomic mass is 10.1. The van der Waals surface area contributed by atoms with E-state index in [1.165, 1.54) is 21.3 Å². The van der Waals surface area contributed by atoms with Crippen LogP contribution in [0, 0.1) is 0 Å². The van der Waals surface area contributed by atoms with Gasteiger partial charge in [-0.05, 0) is 23.8 Å². The average Bonchev–Trinajstić information content (AvgIpc) is 3.25. The van der Waals surface area contributed by atoms with Gasteiger partial charge < -0.3 is 35.6 Å². The average molecular weight is 440 g/mol. The van der Waals surface area contributed by atoms with Gasteiger partial charge in [-0.25, -0.2) is 0 Å². The molecule has 3 rings (SSSR count). The van der Waals surface area contributed by atoms with Gasteiger partial charge in [-0.2, -0.15) is 0 Å². The molecule has 5 N–H and O–H groups in total. The van der Waals surface area contributed by atoms with Gasteiger partial charge in [-0.1, -0.05) is 12.1 Å². The number of aromatic nitrogens is 1. The molecule has 1 heterocycles. The Bertz CT molecular complexity index is 1150. The molecule has 10 nitrogen and oxygen atoms in total. The van der Waals surface area contributed by atoms with Crippen LogP contribution >= 0.6 is 0 Å². The fraction of sp³-hybridized carbons (Fsp3) is 0.227. The van der Waals surface area contributed by atoms with Crippen molar-refractivity contribution in [2.24, 2.45) is 5.73 Å². The molecule has 0 saturated carbocycles. The minimum Gasteiger partial charge on any atom is -0.496 e. The number of aromatic amines is 1. The van der Waals surface area contributed by atoms with Crippen molar-refractivity contribution >= 4 is 28.6 Å². The van der Waals surface area contributed by atoms with Crippen molar-refractivity contribution in [3.63, 3.8) is 0 Å². The summed E-state index contributed by atoms with van der Waals surface area (Å²) in [6.07, 6.45) is 0. The van der Waals surface area contributed by atoms with Crippen LogP contribution in [-0.4, -0.2) is 50.6 Å². The third-order valence-corrected chi connectivity index (χ3v) is 4.78. The Labute approximate surface area is 184 Å². The van der Waals surface area contributed by atoms with E-state index in [-0.39, 0.29) is 19.0 Å². The Hall–Kier alpha value is -4.21. The van der Waals surface area contributed by atoms with Gasteiger partial charge in [0.25, 0.3) is 11.8 Å². The van der Waals surface area contributed by atoms with Crippen molar-refractivity contribution in [2.75, 3.05) is 27.9 Å². The molecule has 0 bridgehead atoms. The number of methoxy groups -OCH3 is 3. The van der Waals surface area contributed by atoms with E-state index in [0.717, 1.165) is 5.56 Å². The van der Waals surface area contributed by atoms with Crippen molar-refractivity contribution in [1.29, 1.82) is 0 Å². The van der Waals surface area contributed by atoms with E-state index in [1.807, 2.05) is 0 Å². The monoisotopic (exact) mass is 440 g/mol. The van der Waals surface area contributed by atoms with E-state index < -0.39 is 11.8 Å². The number of rotatable bonds is 9. The molecule has 3 amide bonds. The number of amides is 3. The van der Waals surface area contributed by atoms with Crippen LogP contribution in [0.2, 0.25) is 0 Å². The molecule has 0 radical (unpaired) electrons. The molecule has 0 aliphatic rings. The number of carbonyl (C=O) groups is 3. The fourth-order valence-electron chi connectivity index (χ4n) is 3.18. The summed E-state index contributed by atoms with van der Waals surface area (Å²) in [5, 5.41) is 5.92. The summed E-state index contributed by atoms with van der Waals surface area (Å²) in [7, 11) is 4.57. The number of hydrogen-bond acceptors (Lipinski definition) is 6. The van der Waals surface area contributed by atoms with Crippen molar-refractivity contribution in [3.05, 3.63) is 53.2 Å². The number of nitrogens with one attached hydrogen (secondary N) is 3. The minimum absolute atomic E-state index is 0.234. The number of carbonyl (C=O) groups excluding carboxylic acids is 3. The summed E-state index contributed by atoms with van der Waals surface area (Å²) in [6, 6.07) is 9.99. The molecule has 168 valence electrons. The molecule has 3 aromatic rings. The summed E-state index contributed by atoms with van der Waals surface area (Å²) in [6.45, 7) is 0.0115. The topological polar surface area (TPSA) is 145 Å². The fourth-order valence-corrected chi connectivity index (χ4v) is 3.18. The zero-order valence-corrected chi connectivity index (χ0v) is 17.9. The Balaban J connectivity index is 1.72. The predicted molar refractivity (Wildman–Crippen MR) is 117 cm³/mol. The summed E-state index contributed by atoms with van der Waals surface area (Å²) < 4.78 is 16.2. The van der Waals surface area contributed by atoms with E-state index in [1.54, 1.807) is 36.4 Å². The summed E-state index contributed by atoms with van der Waals surface area (Å²) in [5.74, 6) is 0.128. The van der Waals surface area contributed by atoms with Crippen LogP contribution in [0.1, 0.15) is 26.4 Å². The Kier molecular flexibility index (Phi) is 6.83. The van der Waals surface area contributed by atoms with Gasteiger partial charge in [0.1, 0.15) is 11.4 Å². The smallest absolute Gasteiger partial charge is 0.268 e. The van der Waals surface area contributed by atoms with Crippen molar-refractivity contribution in [2.45, 2.75) is 6.54 Å². The Morgan fingerprint density at radius 2 is 1.59 bits per heavy atom. The quantitative estimate of drug-likeness (QED) is 0.395. The van der Waals surface area contributed by atoms with Gasteiger partial charge in [0, 0.05) is 23.6 Å². The van der Waals surface area contributed by atoms with Crippen LogP contribution in [0.5, 0.6) is 17.2 Å². The highest BCUT2D eigenvalue weighted by molar-refractivity contribution is 6.02. The van der Waals surface area contributed by atoms with E-state index in [4.69, 9.17) is 19.9 Å². The number of ether oxygens (including phenoxy) is 3. The summed E-state index contributed by atoms with van der Waals surface area (Å²) in [5.41, 5.74) is 7.09. The number of benzene rings is 2. The van der Waals surface area contributed by atoms with E-state index in [0.29, 0.717) is 39.4 Å². The minimum atomic E-state index is -0.622. The summed E-state index contributed by atoms with van der Waals surface area (Å²) >= 11 is 0. The molecule has 1 aromatic heterocycles. The number of primary amides is 1. The molecule has 2 aromatic carbocycles. The second-order valence-corrected chi connectivity index (χ2v) is 6.81.